The number of nitrogens with one attached hydrogen (secondary N) is 1. The number of hydrogen-bond acceptors (Lipinski definition) is 4. The van der Waals surface area contributed by atoms with Crippen molar-refractivity contribution >= 4 is 11.3 Å². The number of rotatable bonds is 5. The van der Waals surface area contributed by atoms with E-state index in [0.717, 1.165) is 23.0 Å². The Morgan fingerprint density at radius 2 is 2.10 bits per heavy atom. The van der Waals surface area contributed by atoms with E-state index in [1.165, 1.54) is 5.56 Å². The Morgan fingerprint density at radius 1 is 1.30 bits per heavy atom. The largest absolute Gasteiger partial charge is 0.487 e. The molecule has 0 unspecified atom stereocenters. The van der Waals surface area contributed by atoms with Gasteiger partial charge in [-0.05, 0) is 45.4 Å². The van der Waals surface area contributed by atoms with Crippen LogP contribution in [0.1, 0.15) is 37.0 Å². The second kappa shape index (κ2) is 6.37. The van der Waals surface area contributed by atoms with Crippen LogP contribution >= 0.6 is 11.3 Å². The Kier molecular flexibility index (Phi) is 4.78. The van der Waals surface area contributed by atoms with E-state index >= 15 is 0 Å². The number of thiazole rings is 1. The van der Waals surface area contributed by atoms with Crippen molar-refractivity contribution in [1.29, 1.82) is 0 Å². The first-order valence-electron chi connectivity index (χ1n) is 6.80. The maximum atomic E-state index is 5.79. The lowest BCUT2D eigenvalue weighted by molar-refractivity contribution is 0.301. The third-order valence-corrected chi connectivity index (χ3v) is 3.60. The summed E-state index contributed by atoms with van der Waals surface area (Å²) in [4.78, 5) is 4.40. The highest BCUT2D eigenvalue weighted by atomic mass is 32.1. The van der Waals surface area contributed by atoms with Crippen LogP contribution in [0.5, 0.6) is 5.75 Å². The van der Waals surface area contributed by atoms with Crippen LogP contribution in [0, 0.1) is 6.92 Å². The maximum absolute atomic E-state index is 5.79. The van der Waals surface area contributed by atoms with Crippen LogP contribution in [0.3, 0.4) is 0 Å². The molecule has 0 spiro atoms. The molecule has 4 heteroatoms. The van der Waals surface area contributed by atoms with Gasteiger partial charge in [-0.15, -0.1) is 11.3 Å². The number of nitrogens with zero attached hydrogens (tertiary/aromatic N) is 1. The number of aryl methyl sites for hydroxylation is 1. The number of benzene rings is 1. The van der Waals surface area contributed by atoms with Gasteiger partial charge >= 0.3 is 0 Å². The number of aromatic nitrogens is 1. The lowest BCUT2D eigenvalue weighted by Crippen LogP contribution is -2.35. The van der Waals surface area contributed by atoms with Crippen molar-refractivity contribution in [2.24, 2.45) is 0 Å². The minimum Gasteiger partial charge on any atom is -0.487 e. The second-order valence-electron chi connectivity index (χ2n) is 5.90. The van der Waals surface area contributed by atoms with Crippen LogP contribution in [0.4, 0.5) is 0 Å². The molecule has 0 aliphatic rings. The summed E-state index contributed by atoms with van der Waals surface area (Å²) in [5, 5.41) is 6.59. The third-order valence-electron chi connectivity index (χ3n) is 2.77. The highest BCUT2D eigenvalue weighted by molar-refractivity contribution is 7.09. The summed E-state index contributed by atoms with van der Waals surface area (Å²) in [6.45, 7) is 9.87. The summed E-state index contributed by atoms with van der Waals surface area (Å²) in [5.41, 5.74) is 2.34. The molecule has 0 bridgehead atoms. The lowest BCUT2D eigenvalue weighted by atomic mass is 10.1. The molecule has 0 aliphatic carbocycles. The highest BCUT2D eigenvalue weighted by Crippen LogP contribution is 2.16. The lowest BCUT2D eigenvalue weighted by Gasteiger charge is -2.20. The molecular weight excluding hydrogens is 268 g/mol. The fourth-order valence-electron chi connectivity index (χ4n) is 1.74. The first-order valence-corrected chi connectivity index (χ1v) is 7.68. The molecule has 2 rings (SSSR count). The molecule has 2 aromatic rings. The molecule has 0 saturated heterocycles. The van der Waals surface area contributed by atoms with Crippen LogP contribution in [-0.2, 0) is 13.2 Å². The van der Waals surface area contributed by atoms with Crippen LogP contribution in [0.25, 0.3) is 0 Å². The maximum Gasteiger partial charge on any atom is 0.131 e. The summed E-state index contributed by atoms with van der Waals surface area (Å²) in [6, 6.07) is 8.21. The first-order chi connectivity index (χ1) is 9.42. The molecule has 1 aromatic carbocycles. The van der Waals surface area contributed by atoms with Gasteiger partial charge in [0.05, 0.1) is 10.7 Å². The van der Waals surface area contributed by atoms with Gasteiger partial charge < -0.3 is 10.1 Å². The summed E-state index contributed by atoms with van der Waals surface area (Å²) >= 11 is 1.65. The van der Waals surface area contributed by atoms with E-state index in [4.69, 9.17) is 4.74 Å². The van der Waals surface area contributed by atoms with Crippen molar-refractivity contribution in [2.75, 3.05) is 0 Å². The minimum atomic E-state index is 0.120. The summed E-state index contributed by atoms with van der Waals surface area (Å²) in [5.74, 6) is 0.892. The Labute approximate surface area is 125 Å². The molecule has 0 amide bonds. The standard InChI is InChI=1S/C16H22N2OS/c1-12-18-14(11-20-12)10-19-15-7-5-6-13(8-15)9-17-16(2,3)4/h5-8,11,17H,9-10H2,1-4H3. The van der Waals surface area contributed by atoms with E-state index in [1.54, 1.807) is 11.3 Å². The fraction of sp³-hybridized carbons (Fsp3) is 0.438. The second-order valence-corrected chi connectivity index (χ2v) is 6.96. The van der Waals surface area contributed by atoms with Crippen molar-refractivity contribution < 1.29 is 4.74 Å². The van der Waals surface area contributed by atoms with E-state index < -0.39 is 0 Å². The van der Waals surface area contributed by atoms with Gasteiger partial charge in [-0.25, -0.2) is 4.98 Å². The Morgan fingerprint density at radius 3 is 2.75 bits per heavy atom. The zero-order valence-corrected chi connectivity index (χ0v) is 13.4. The van der Waals surface area contributed by atoms with Gasteiger partial charge in [0.1, 0.15) is 12.4 Å². The fourth-order valence-corrected chi connectivity index (χ4v) is 2.34. The van der Waals surface area contributed by atoms with Gasteiger partial charge in [-0.3, -0.25) is 0 Å². The predicted molar refractivity (Wildman–Crippen MR) is 84.2 cm³/mol. The average molecular weight is 290 g/mol. The smallest absolute Gasteiger partial charge is 0.131 e. The molecule has 1 N–H and O–H groups in total. The van der Waals surface area contributed by atoms with E-state index in [1.807, 2.05) is 24.4 Å². The van der Waals surface area contributed by atoms with Crippen LogP contribution in [0.2, 0.25) is 0 Å². The summed E-state index contributed by atoms with van der Waals surface area (Å²) < 4.78 is 5.79. The van der Waals surface area contributed by atoms with Gasteiger partial charge in [0.2, 0.25) is 0 Å². The predicted octanol–water partition coefficient (Wildman–Crippen LogP) is 3.92. The van der Waals surface area contributed by atoms with Crippen molar-refractivity contribution in [3.63, 3.8) is 0 Å². The van der Waals surface area contributed by atoms with E-state index in [0.29, 0.717) is 6.61 Å². The Balaban J connectivity index is 1.92. The molecular formula is C16H22N2OS. The zero-order chi connectivity index (χ0) is 14.6. The molecule has 20 heavy (non-hydrogen) atoms. The number of hydrogen-bond donors (Lipinski definition) is 1. The Hall–Kier alpha value is -1.39. The van der Waals surface area contributed by atoms with Gasteiger partial charge in [0.15, 0.2) is 0 Å². The van der Waals surface area contributed by atoms with Gasteiger partial charge in [-0.2, -0.15) is 0 Å². The monoisotopic (exact) mass is 290 g/mol. The van der Waals surface area contributed by atoms with Gasteiger partial charge in [0, 0.05) is 17.5 Å². The molecule has 1 aromatic heterocycles. The molecule has 0 atom stereocenters. The molecule has 0 aliphatic heterocycles. The number of ether oxygens (including phenoxy) is 1. The Bertz CT molecular complexity index is 558. The van der Waals surface area contributed by atoms with Crippen molar-refractivity contribution in [3.8, 4) is 5.75 Å². The van der Waals surface area contributed by atoms with E-state index in [-0.39, 0.29) is 5.54 Å². The third kappa shape index (κ3) is 4.94. The molecule has 3 nitrogen and oxygen atoms in total. The topological polar surface area (TPSA) is 34.1 Å². The van der Waals surface area contributed by atoms with Crippen LogP contribution in [0.15, 0.2) is 29.6 Å². The quantitative estimate of drug-likeness (QED) is 0.906. The van der Waals surface area contributed by atoms with E-state index in [2.05, 4.69) is 43.2 Å². The first kappa shape index (κ1) is 15.0. The summed E-state index contributed by atoms with van der Waals surface area (Å²) in [7, 11) is 0. The summed E-state index contributed by atoms with van der Waals surface area (Å²) in [6.07, 6.45) is 0. The zero-order valence-electron chi connectivity index (χ0n) is 12.6. The normalized spacial score (nSPS) is 11.6. The minimum absolute atomic E-state index is 0.120. The molecule has 108 valence electrons. The van der Waals surface area contributed by atoms with Gasteiger partial charge in [0.25, 0.3) is 0 Å². The van der Waals surface area contributed by atoms with E-state index in [9.17, 15) is 0 Å². The molecule has 1 heterocycles. The van der Waals surface area contributed by atoms with Crippen molar-refractivity contribution in [1.82, 2.24) is 10.3 Å². The van der Waals surface area contributed by atoms with Crippen LogP contribution in [-0.4, -0.2) is 10.5 Å². The molecule has 0 radical (unpaired) electrons. The SMILES string of the molecule is Cc1nc(COc2cccc(CNC(C)(C)C)c2)cs1. The van der Waals surface area contributed by atoms with Crippen molar-refractivity contribution in [3.05, 3.63) is 45.9 Å². The average Bonchev–Trinajstić information content (AvgIpc) is 2.80. The highest BCUT2D eigenvalue weighted by Gasteiger charge is 2.08. The molecule has 0 saturated carbocycles. The van der Waals surface area contributed by atoms with Crippen molar-refractivity contribution in [2.45, 2.75) is 46.4 Å². The molecule has 0 fully saturated rings. The van der Waals surface area contributed by atoms with Crippen LogP contribution < -0.4 is 10.1 Å². The van der Waals surface area contributed by atoms with Gasteiger partial charge in [-0.1, -0.05) is 12.1 Å².